The van der Waals surface area contributed by atoms with Crippen LogP contribution in [-0.2, 0) is 18.4 Å². The zero-order chi connectivity index (χ0) is 28.9. The van der Waals surface area contributed by atoms with Crippen LogP contribution in [0.4, 0.5) is 0 Å². The highest BCUT2D eigenvalue weighted by atomic mass is 33.0. The largest absolute Gasteiger partial charge is 0.437 e. The van der Waals surface area contributed by atoms with Crippen molar-refractivity contribution in [2.45, 2.75) is 103 Å². The van der Waals surface area contributed by atoms with Gasteiger partial charge < -0.3 is 18.7 Å². The molecule has 0 amide bonds. The van der Waals surface area contributed by atoms with Gasteiger partial charge in [-0.05, 0) is 76.2 Å². The van der Waals surface area contributed by atoms with Crippen molar-refractivity contribution in [2.75, 3.05) is 0 Å². The molecule has 5 nitrogen and oxygen atoms in total. The van der Waals surface area contributed by atoms with Crippen molar-refractivity contribution in [3.05, 3.63) is 12.2 Å². The topological polar surface area (TPSA) is 65.0 Å². The number of hydrogen-bond donors (Lipinski definition) is 1. The van der Waals surface area contributed by atoms with Crippen LogP contribution >= 0.6 is 92.1 Å². The fourth-order valence-electron chi connectivity index (χ4n) is 4.70. The summed E-state index contributed by atoms with van der Waals surface area (Å²) in [4.78, 5) is 11.7. The van der Waals surface area contributed by atoms with Crippen molar-refractivity contribution in [1.29, 1.82) is 0 Å². The Morgan fingerprint density at radius 3 is 2.24 bits per heavy atom. The number of aliphatic hydroxyl groups excluding tert-OH is 1. The van der Waals surface area contributed by atoms with E-state index in [-0.39, 0.29) is 43.7 Å². The Kier molecular flexibility index (Phi) is 22.6. The summed E-state index contributed by atoms with van der Waals surface area (Å²) in [6, 6.07) is 0. The van der Waals surface area contributed by atoms with Gasteiger partial charge in [-0.3, -0.25) is 4.79 Å². The molecule has 1 rings (SSSR count). The highest BCUT2D eigenvalue weighted by Crippen LogP contribution is 2.98. The second-order valence-electron chi connectivity index (χ2n) is 10.5. The van der Waals surface area contributed by atoms with Gasteiger partial charge in [-0.25, -0.2) is 0 Å². The first kappa shape index (κ1) is 39.8. The summed E-state index contributed by atoms with van der Waals surface area (Å²) in [5.41, 5.74) is -0.0801. The van der Waals surface area contributed by atoms with Crippen LogP contribution in [0.5, 0.6) is 0 Å². The normalized spacial score (nSPS) is 23.4. The van der Waals surface area contributed by atoms with Gasteiger partial charge in [-0.1, -0.05) is 57.2 Å². The molecule has 0 saturated heterocycles. The van der Waals surface area contributed by atoms with E-state index in [4.69, 9.17) is 13.6 Å². The fraction of sp³-hybridized carbons (Fsp3) is 0.864. The molecule has 0 aromatic rings. The van der Waals surface area contributed by atoms with E-state index in [0.717, 1.165) is 57.8 Å². The van der Waals surface area contributed by atoms with E-state index < -0.39 is 15.1 Å². The summed E-state index contributed by atoms with van der Waals surface area (Å²) < 4.78 is 18.0. The Labute approximate surface area is 253 Å². The minimum absolute atomic E-state index is 0.0801. The lowest BCUT2D eigenvalue weighted by Gasteiger charge is -2.33. The molecular weight excluding hydrogens is 685 g/mol. The van der Waals surface area contributed by atoms with Gasteiger partial charge in [-0.15, -0.1) is 35.7 Å². The van der Waals surface area contributed by atoms with Crippen LogP contribution in [0.15, 0.2) is 12.2 Å². The summed E-state index contributed by atoms with van der Waals surface area (Å²) >= 11 is 0. The molecule has 1 aliphatic rings. The van der Waals surface area contributed by atoms with Gasteiger partial charge >= 0.3 is 5.97 Å². The monoisotopic (exact) mass is 736 g/mol. The zero-order valence-corrected chi connectivity index (χ0v) is 34.7. The van der Waals surface area contributed by atoms with E-state index in [1.165, 1.54) is 0 Å². The molecule has 224 valence electrons. The smallest absolute Gasteiger partial charge is 0.309 e. The predicted octanol–water partition coefficient (Wildman–Crippen LogP) is 10.5. The maximum Gasteiger partial charge on any atom is 0.309 e. The first-order chi connectivity index (χ1) is 17.8. The molecule has 0 aromatic carbocycles. The quantitative estimate of drug-likeness (QED) is 0.0813. The van der Waals surface area contributed by atoms with E-state index >= 15 is 0 Å². The van der Waals surface area contributed by atoms with E-state index in [9.17, 15) is 9.90 Å². The highest BCUT2D eigenvalue weighted by Gasteiger charge is 2.45. The van der Waals surface area contributed by atoms with Crippen molar-refractivity contribution in [2.24, 2.45) is 17.3 Å². The summed E-state index contributed by atoms with van der Waals surface area (Å²) in [5.74, 6) is 0.622. The highest BCUT2D eigenvalue weighted by molar-refractivity contribution is 8.96. The molecule has 0 aromatic heterocycles. The van der Waals surface area contributed by atoms with Gasteiger partial charge in [0.2, 0.25) is 0 Å². The number of hydrogen-bond acceptors (Lipinski definition) is 5. The zero-order valence-electron chi connectivity index (χ0n) is 23.0. The Hall–Kier alpha value is 3.82. The molecule has 0 bridgehead atoms. The third kappa shape index (κ3) is 15.2. The molecule has 1 fully saturated rings. The average molecular weight is 736 g/mol. The number of carbonyl (C=O) groups is 1. The summed E-state index contributed by atoms with van der Waals surface area (Å²) in [7, 11) is 18.1. The molecule has 0 spiro atoms. The lowest BCUT2D eigenvalue weighted by molar-refractivity contribution is -0.133. The number of rotatable bonds is 19. The molecular formula is C22H51O5P11. The van der Waals surface area contributed by atoms with Gasteiger partial charge in [0.15, 0.2) is 0 Å². The lowest BCUT2D eigenvalue weighted by atomic mass is 9.78. The van der Waals surface area contributed by atoms with E-state index in [0.29, 0.717) is 18.3 Å². The van der Waals surface area contributed by atoms with Crippen LogP contribution in [0.25, 0.3) is 0 Å². The van der Waals surface area contributed by atoms with Crippen LogP contribution in [0, 0.1) is 17.3 Å². The van der Waals surface area contributed by atoms with Gasteiger partial charge in [-0.2, -0.15) is 0 Å². The van der Waals surface area contributed by atoms with E-state index in [1.807, 2.05) is 0 Å². The molecule has 1 saturated carbocycles. The number of allylic oxidation sites excluding steroid dienone is 2. The maximum absolute atomic E-state index is 11.7. The van der Waals surface area contributed by atoms with Crippen molar-refractivity contribution in [1.82, 2.24) is 0 Å². The van der Waals surface area contributed by atoms with Crippen LogP contribution in [0.3, 0.4) is 0 Å². The van der Waals surface area contributed by atoms with Crippen LogP contribution in [0.2, 0.25) is 0 Å². The number of unbranched alkanes of at least 4 members (excludes halogenated alkanes) is 3. The van der Waals surface area contributed by atoms with Crippen LogP contribution in [-0.4, -0.2) is 29.4 Å². The molecule has 16 heteroatoms. The van der Waals surface area contributed by atoms with E-state index in [1.54, 1.807) is 0 Å². The fourth-order valence-corrected chi connectivity index (χ4v) is 38.9. The summed E-state index contributed by atoms with van der Waals surface area (Å²) in [6.45, 7) is 5.82. The number of aliphatic hydroxyl groups is 1. The van der Waals surface area contributed by atoms with Gasteiger partial charge in [0.1, 0.15) is 7.53 Å². The van der Waals surface area contributed by atoms with Crippen LogP contribution < -0.4 is 0 Å². The van der Waals surface area contributed by atoms with Crippen molar-refractivity contribution >= 4 is 98.0 Å². The third-order valence-corrected chi connectivity index (χ3v) is 31.2. The maximum atomic E-state index is 11.7. The Bertz CT molecular complexity index is 691. The first-order valence-electron chi connectivity index (χ1n) is 13.1. The van der Waals surface area contributed by atoms with Gasteiger partial charge in [0.05, 0.1) is 25.8 Å². The third-order valence-electron chi connectivity index (χ3n) is 7.39. The molecule has 38 heavy (non-hydrogen) atoms. The van der Waals surface area contributed by atoms with Gasteiger partial charge in [0, 0.05) is 22.3 Å². The van der Waals surface area contributed by atoms with Crippen molar-refractivity contribution in [3.63, 3.8) is 0 Å². The minimum Gasteiger partial charge on any atom is -0.437 e. The number of carbonyl (C=O) groups excluding carboxylic acids is 1. The summed E-state index contributed by atoms with van der Waals surface area (Å²) in [5, 5.41) is 10.9. The minimum atomic E-state index is -0.779. The predicted molar refractivity (Wildman–Crippen MR) is 199 cm³/mol. The molecule has 1 aliphatic carbocycles. The van der Waals surface area contributed by atoms with Gasteiger partial charge in [0.25, 0.3) is 0 Å². The standard InChI is InChI=1S/C22H51O5P11/c1-4-22(2,3)20(23)14-13-17-16(11-9-7-5-6-8-10-12-21(24)27-35(29)30)19(15-18(17)25-28)26-36(37(31)32)38(33)34/h7,9,16-20,23H,4-6,8,10-15,28-34H2,1-3H3/b9-7-/t16?,17-,18?,19?,20?/m1/s1. The molecule has 11 unspecified atom stereocenters. The Morgan fingerprint density at radius 1 is 1.03 bits per heavy atom. The molecule has 1 N–H and O–H groups in total. The Balaban J connectivity index is 2.80. The summed E-state index contributed by atoms with van der Waals surface area (Å²) in [6.07, 6.45) is 13.6. The SMILES string of the molecule is CCC(C)(C)C(O)CC[C@H]1C(OP)CC(OP(P(P)P)P(P)P)C1C/C=C\CCCCCC(=O)OP(P)P. The lowest BCUT2D eigenvalue weighted by Crippen LogP contribution is -2.31. The van der Waals surface area contributed by atoms with Crippen LogP contribution in [0.1, 0.15) is 85.0 Å². The molecule has 0 radical (unpaired) electrons. The van der Waals surface area contributed by atoms with Crippen molar-refractivity contribution in [3.8, 4) is 0 Å². The molecule has 0 heterocycles. The second kappa shape index (κ2) is 21.5. The second-order valence-corrected chi connectivity index (χ2v) is 40.1. The molecule has 12 atom stereocenters. The average Bonchev–Trinajstić information content (AvgIpc) is 3.17. The molecule has 0 aliphatic heterocycles. The van der Waals surface area contributed by atoms with E-state index in [2.05, 4.69) is 96.0 Å². The Morgan fingerprint density at radius 2 is 1.68 bits per heavy atom. The first-order valence-corrected chi connectivity index (χ1v) is 29.9. The van der Waals surface area contributed by atoms with Crippen molar-refractivity contribution < 1.29 is 23.5 Å².